The van der Waals surface area contributed by atoms with E-state index in [4.69, 9.17) is 0 Å². The summed E-state index contributed by atoms with van der Waals surface area (Å²) in [4.78, 5) is 12.4. The lowest BCUT2D eigenvalue weighted by Gasteiger charge is -2.26. The number of hydrogen-bond donors (Lipinski definition) is 1. The first kappa shape index (κ1) is 16.8. The molecule has 0 aromatic heterocycles. The molecule has 22 heavy (non-hydrogen) atoms. The summed E-state index contributed by atoms with van der Waals surface area (Å²) in [6.45, 7) is 6.54. The summed E-state index contributed by atoms with van der Waals surface area (Å²) in [5.41, 5.74) is 0.781. The molecule has 1 N–H and O–H groups in total. The molecule has 0 saturated carbocycles. The van der Waals surface area contributed by atoms with E-state index in [1.165, 1.54) is 4.31 Å². The highest BCUT2D eigenvalue weighted by Gasteiger charge is 2.29. The van der Waals surface area contributed by atoms with Gasteiger partial charge in [0.2, 0.25) is 10.0 Å². The molecule has 0 atom stereocenters. The Bertz CT molecular complexity index is 653. The summed E-state index contributed by atoms with van der Waals surface area (Å²) in [6, 6.07) is 6.82. The van der Waals surface area contributed by atoms with E-state index in [-0.39, 0.29) is 17.2 Å². The first-order valence-corrected chi connectivity index (χ1v) is 9.29. The van der Waals surface area contributed by atoms with Crippen LogP contribution in [0.15, 0.2) is 24.3 Å². The second-order valence-electron chi connectivity index (χ2n) is 6.38. The van der Waals surface area contributed by atoms with Crippen LogP contribution in [0.1, 0.15) is 50.4 Å². The molecule has 2 rings (SSSR count). The van der Waals surface area contributed by atoms with Crippen LogP contribution in [0.5, 0.6) is 0 Å². The summed E-state index contributed by atoms with van der Waals surface area (Å²) in [5.74, 6) is 0.00402. The molecule has 6 heteroatoms. The zero-order valence-electron chi connectivity index (χ0n) is 13.4. The lowest BCUT2D eigenvalue weighted by Crippen LogP contribution is -2.43. The normalized spacial score (nSPS) is 17.5. The third-order valence-electron chi connectivity index (χ3n) is 3.82. The molecule has 5 nitrogen and oxygen atoms in total. The Hall–Kier alpha value is -1.56. The highest BCUT2D eigenvalue weighted by Crippen LogP contribution is 2.25. The second kappa shape index (κ2) is 6.28. The Kier molecular flexibility index (Phi) is 4.80. The Morgan fingerprint density at radius 2 is 2.09 bits per heavy atom. The van der Waals surface area contributed by atoms with Crippen LogP contribution in [-0.2, 0) is 10.0 Å². The average Bonchev–Trinajstić information content (AvgIpc) is 2.78. The topological polar surface area (TPSA) is 66.5 Å². The van der Waals surface area contributed by atoms with Crippen molar-refractivity contribution in [3.63, 3.8) is 0 Å². The lowest BCUT2D eigenvalue weighted by atomic mass is 9.98. The number of rotatable bonds is 5. The number of nitrogens with zero attached hydrogens (tertiary/aromatic N) is 1. The average molecular weight is 324 g/mol. The van der Waals surface area contributed by atoms with Crippen LogP contribution < -0.4 is 9.62 Å². The van der Waals surface area contributed by atoms with Gasteiger partial charge >= 0.3 is 0 Å². The molecule has 0 bridgehead atoms. The molecule has 0 radical (unpaired) electrons. The number of sulfonamides is 1. The summed E-state index contributed by atoms with van der Waals surface area (Å²) >= 11 is 0. The first-order valence-electron chi connectivity index (χ1n) is 7.68. The van der Waals surface area contributed by atoms with Crippen LogP contribution >= 0.6 is 0 Å². The van der Waals surface area contributed by atoms with E-state index in [1.54, 1.807) is 24.3 Å². The van der Waals surface area contributed by atoms with Crippen LogP contribution in [-0.4, -0.2) is 32.2 Å². The maximum Gasteiger partial charge on any atom is 0.251 e. The molecule has 1 aliphatic rings. The molecule has 122 valence electrons. The third-order valence-corrected chi connectivity index (χ3v) is 5.69. The largest absolute Gasteiger partial charge is 0.347 e. The fourth-order valence-corrected chi connectivity index (χ4v) is 4.36. The van der Waals surface area contributed by atoms with Crippen molar-refractivity contribution < 1.29 is 13.2 Å². The van der Waals surface area contributed by atoms with Gasteiger partial charge in [-0.1, -0.05) is 19.4 Å². The van der Waals surface area contributed by atoms with Gasteiger partial charge in [-0.25, -0.2) is 8.42 Å². The predicted molar refractivity (Wildman–Crippen MR) is 88.6 cm³/mol. The number of carbonyl (C=O) groups excluding carboxylic acids is 1. The van der Waals surface area contributed by atoms with E-state index in [2.05, 4.69) is 12.2 Å². The molecular weight excluding hydrogens is 300 g/mol. The molecule has 1 fully saturated rings. The number of hydrogen-bond acceptors (Lipinski definition) is 3. The Labute approximate surface area is 132 Å². The van der Waals surface area contributed by atoms with Gasteiger partial charge in [0.1, 0.15) is 0 Å². The fourth-order valence-electron chi connectivity index (χ4n) is 2.80. The summed E-state index contributed by atoms with van der Waals surface area (Å²) < 4.78 is 25.4. The monoisotopic (exact) mass is 324 g/mol. The van der Waals surface area contributed by atoms with Gasteiger partial charge in [0, 0.05) is 17.6 Å². The van der Waals surface area contributed by atoms with E-state index in [1.807, 2.05) is 13.8 Å². The van der Waals surface area contributed by atoms with E-state index in [9.17, 15) is 13.2 Å². The molecule has 1 aromatic carbocycles. The van der Waals surface area contributed by atoms with Crippen molar-refractivity contribution >= 4 is 21.6 Å². The molecule has 0 spiro atoms. The molecule has 1 aromatic rings. The molecular formula is C16H24N2O3S. The van der Waals surface area contributed by atoms with E-state index in [0.29, 0.717) is 24.2 Å². The number of benzene rings is 1. The van der Waals surface area contributed by atoms with Gasteiger partial charge < -0.3 is 5.32 Å². The Balaban J connectivity index is 2.20. The number of amides is 1. The Morgan fingerprint density at radius 3 is 2.68 bits per heavy atom. The van der Waals surface area contributed by atoms with Gasteiger partial charge in [-0.05, 0) is 44.9 Å². The number of carbonyl (C=O) groups is 1. The summed E-state index contributed by atoms with van der Waals surface area (Å²) in [6.07, 6.45) is 2.50. The third kappa shape index (κ3) is 3.80. The van der Waals surface area contributed by atoms with Crippen molar-refractivity contribution in [1.82, 2.24) is 5.32 Å². The molecule has 1 heterocycles. The number of anilines is 1. The Morgan fingerprint density at radius 1 is 1.36 bits per heavy atom. The SMILES string of the molecule is CCCC(C)(C)NC(=O)c1cccc(N2CCCS2(=O)=O)c1. The minimum Gasteiger partial charge on any atom is -0.347 e. The van der Waals surface area contributed by atoms with E-state index < -0.39 is 10.0 Å². The minimum atomic E-state index is -3.22. The van der Waals surface area contributed by atoms with Crippen LogP contribution in [0.2, 0.25) is 0 Å². The van der Waals surface area contributed by atoms with Crippen molar-refractivity contribution in [3.8, 4) is 0 Å². The maximum atomic E-state index is 12.4. The van der Waals surface area contributed by atoms with Gasteiger partial charge in [-0.15, -0.1) is 0 Å². The molecule has 1 amide bonds. The zero-order chi connectivity index (χ0) is 16.4. The van der Waals surface area contributed by atoms with Gasteiger partial charge in [-0.2, -0.15) is 0 Å². The fraction of sp³-hybridized carbons (Fsp3) is 0.562. The quantitative estimate of drug-likeness (QED) is 0.905. The standard InChI is InChI=1S/C16H24N2O3S/c1-4-9-16(2,3)17-15(19)13-7-5-8-14(12-13)18-10-6-11-22(18,20)21/h5,7-8,12H,4,6,9-11H2,1-3H3,(H,17,19). The van der Waals surface area contributed by atoms with Crippen molar-refractivity contribution in [3.05, 3.63) is 29.8 Å². The maximum absolute atomic E-state index is 12.4. The van der Waals surface area contributed by atoms with Crippen LogP contribution in [0.4, 0.5) is 5.69 Å². The molecule has 0 unspecified atom stereocenters. The first-order chi connectivity index (χ1) is 10.2. The summed E-state index contributed by atoms with van der Waals surface area (Å²) in [5, 5.41) is 3.01. The van der Waals surface area contributed by atoms with Crippen molar-refractivity contribution in [2.75, 3.05) is 16.6 Å². The molecule has 0 aliphatic carbocycles. The minimum absolute atomic E-state index is 0.170. The molecule has 1 aliphatic heterocycles. The predicted octanol–water partition coefficient (Wildman–Crippen LogP) is 2.54. The molecule has 1 saturated heterocycles. The van der Waals surface area contributed by atoms with Gasteiger partial charge in [-0.3, -0.25) is 9.10 Å². The highest BCUT2D eigenvalue weighted by atomic mass is 32.2. The lowest BCUT2D eigenvalue weighted by molar-refractivity contribution is 0.0909. The zero-order valence-corrected chi connectivity index (χ0v) is 14.2. The van der Waals surface area contributed by atoms with Crippen molar-refractivity contribution in [1.29, 1.82) is 0 Å². The van der Waals surface area contributed by atoms with Crippen LogP contribution in [0, 0.1) is 0 Å². The van der Waals surface area contributed by atoms with Gasteiger partial charge in [0.25, 0.3) is 5.91 Å². The van der Waals surface area contributed by atoms with Crippen molar-refractivity contribution in [2.24, 2.45) is 0 Å². The second-order valence-corrected chi connectivity index (χ2v) is 8.39. The van der Waals surface area contributed by atoms with E-state index >= 15 is 0 Å². The smallest absolute Gasteiger partial charge is 0.251 e. The van der Waals surface area contributed by atoms with E-state index in [0.717, 1.165) is 12.8 Å². The van der Waals surface area contributed by atoms with Crippen LogP contribution in [0.3, 0.4) is 0 Å². The van der Waals surface area contributed by atoms with Gasteiger partial charge in [0.15, 0.2) is 0 Å². The summed E-state index contributed by atoms with van der Waals surface area (Å²) in [7, 11) is -3.22. The van der Waals surface area contributed by atoms with Crippen molar-refractivity contribution in [2.45, 2.75) is 45.6 Å². The highest BCUT2D eigenvalue weighted by molar-refractivity contribution is 7.93. The van der Waals surface area contributed by atoms with Crippen LogP contribution in [0.25, 0.3) is 0 Å². The van der Waals surface area contributed by atoms with Gasteiger partial charge in [0.05, 0.1) is 11.4 Å². The number of nitrogens with one attached hydrogen (secondary N) is 1.